The molecule has 0 unspecified atom stereocenters. The van der Waals surface area contributed by atoms with Crippen LogP contribution >= 0.6 is 0 Å². The van der Waals surface area contributed by atoms with Crippen LogP contribution in [0.15, 0.2) is 41.0 Å². The third kappa shape index (κ3) is 2.70. The van der Waals surface area contributed by atoms with E-state index in [0.29, 0.717) is 12.1 Å². The van der Waals surface area contributed by atoms with Crippen LogP contribution in [-0.4, -0.2) is 22.4 Å². The molecule has 1 aromatic heterocycles. The normalized spacial score (nSPS) is 13.1. The Bertz CT molecular complexity index is 737. The molecular weight excluding hydrogens is 348 g/mol. The predicted molar refractivity (Wildman–Crippen MR) is 66.8 cm³/mol. The Labute approximate surface area is 129 Å². The van der Waals surface area contributed by atoms with Gasteiger partial charge in [0.15, 0.2) is 0 Å². The number of rotatable bonds is 3. The molecule has 1 heterocycles. The molecule has 0 fully saturated rings. The van der Waals surface area contributed by atoms with Crippen molar-refractivity contribution in [2.75, 3.05) is 0 Å². The lowest BCUT2D eigenvalue weighted by Crippen LogP contribution is -2.53. The molecule has 2 aromatic rings. The topological polar surface area (TPSA) is 76.5 Å². The number of hydrogen-bond donors (Lipinski definition) is 1. The highest BCUT2D eigenvalue weighted by Crippen LogP contribution is 2.51. The summed E-state index contributed by atoms with van der Waals surface area (Å²) in [5, 5.41) is 20.3. The van der Waals surface area contributed by atoms with Crippen molar-refractivity contribution < 1.29 is 40.8 Å². The van der Waals surface area contributed by atoms with Crippen molar-refractivity contribution >= 4 is 5.69 Å². The number of nitro groups is 1. The first kappa shape index (κ1) is 17.8. The number of benzene rings is 1. The van der Waals surface area contributed by atoms with Crippen LogP contribution in [-0.2, 0) is 5.60 Å². The first-order chi connectivity index (χ1) is 10.9. The molecule has 2 rings (SSSR count). The van der Waals surface area contributed by atoms with Gasteiger partial charge in [0.25, 0.3) is 11.3 Å². The van der Waals surface area contributed by atoms with Gasteiger partial charge in [-0.05, 0) is 18.2 Å². The zero-order chi connectivity index (χ0) is 18.3. The van der Waals surface area contributed by atoms with Crippen molar-refractivity contribution in [3.8, 4) is 11.3 Å². The summed E-state index contributed by atoms with van der Waals surface area (Å²) in [7, 11) is 0. The van der Waals surface area contributed by atoms with Crippen LogP contribution < -0.4 is 0 Å². The molecule has 24 heavy (non-hydrogen) atoms. The third-order valence-corrected chi connectivity index (χ3v) is 3.22. The molecule has 11 heteroatoms. The van der Waals surface area contributed by atoms with Gasteiger partial charge in [-0.2, -0.15) is 26.3 Å². The summed E-state index contributed by atoms with van der Waals surface area (Å²) >= 11 is 0. The Hall–Kier alpha value is -2.56. The van der Waals surface area contributed by atoms with Gasteiger partial charge in [-0.1, -0.05) is 6.07 Å². The fraction of sp³-hybridized carbons (Fsp3) is 0.231. The molecule has 0 saturated carbocycles. The van der Waals surface area contributed by atoms with E-state index >= 15 is 0 Å². The highest BCUT2D eigenvalue weighted by Gasteiger charge is 2.71. The highest BCUT2D eigenvalue weighted by molar-refractivity contribution is 5.70. The van der Waals surface area contributed by atoms with Crippen molar-refractivity contribution in [2.24, 2.45) is 0 Å². The van der Waals surface area contributed by atoms with Gasteiger partial charge >= 0.3 is 12.4 Å². The first-order valence-electron chi connectivity index (χ1n) is 6.08. The Balaban J connectivity index is 2.72. The molecule has 0 aliphatic rings. The van der Waals surface area contributed by atoms with Gasteiger partial charge in [-0.25, -0.2) is 0 Å². The number of alkyl halides is 6. The van der Waals surface area contributed by atoms with E-state index in [4.69, 9.17) is 4.42 Å². The van der Waals surface area contributed by atoms with Gasteiger partial charge in [0.2, 0.25) is 0 Å². The standard InChI is InChI=1S/C13H7F6NO4/c14-12(15,16)11(21,13(17,18)19)7-3-4-8(9(6-7)20(22)23)10-2-1-5-24-10/h1-6,21H. The fourth-order valence-electron chi connectivity index (χ4n) is 2.04. The van der Waals surface area contributed by atoms with E-state index < -0.39 is 34.1 Å². The Morgan fingerprint density at radius 2 is 1.62 bits per heavy atom. The summed E-state index contributed by atoms with van der Waals surface area (Å²) in [6.07, 6.45) is -11.1. The molecule has 0 amide bonds. The zero-order valence-corrected chi connectivity index (χ0v) is 11.4. The minimum Gasteiger partial charge on any atom is -0.464 e. The van der Waals surface area contributed by atoms with Gasteiger partial charge in [0, 0.05) is 11.6 Å². The van der Waals surface area contributed by atoms with Gasteiger partial charge in [0.05, 0.1) is 16.7 Å². The molecule has 0 spiro atoms. The van der Waals surface area contributed by atoms with Gasteiger partial charge in [-0.15, -0.1) is 0 Å². The second-order valence-electron chi connectivity index (χ2n) is 4.67. The van der Waals surface area contributed by atoms with Crippen LogP contribution in [0.5, 0.6) is 0 Å². The van der Waals surface area contributed by atoms with Crippen LogP contribution in [0.4, 0.5) is 32.0 Å². The quantitative estimate of drug-likeness (QED) is 0.509. The highest BCUT2D eigenvalue weighted by atomic mass is 19.4. The maximum atomic E-state index is 12.8. The average molecular weight is 355 g/mol. The second kappa shape index (κ2) is 5.51. The number of aliphatic hydroxyl groups is 1. The van der Waals surface area contributed by atoms with Crippen LogP contribution in [0.3, 0.4) is 0 Å². The summed E-state index contributed by atoms with van der Waals surface area (Å²) in [6, 6.07) is 3.55. The molecule has 0 saturated heterocycles. The number of nitro benzene ring substituents is 1. The summed E-state index contributed by atoms with van der Waals surface area (Å²) in [4.78, 5) is 9.84. The van der Waals surface area contributed by atoms with Crippen LogP contribution in [0.2, 0.25) is 0 Å². The van der Waals surface area contributed by atoms with E-state index in [2.05, 4.69) is 0 Å². The van der Waals surface area contributed by atoms with E-state index in [9.17, 15) is 41.6 Å². The van der Waals surface area contributed by atoms with Crippen LogP contribution in [0.25, 0.3) is 11.3 Å². The SMILES string of the molecule is O=[N+]([O-])c1cc(C(O)(C(F)(F)F)C(F)(F)F)ccc1-c1ccco1. The third-order valence-electron chi connectivity index (χ3n) is 3.22. The lowest BCUT2D eigenvalue weighted by molar-refractivity contribution is -0.386. The molecule has 0 radical (unpaired) electrons. The summed E-state index contributed by atoms with van der Waals surface area (Å²) in [5.74, 6) is -0.129. The summed E-state index contributed by atoms with van der Waals surface area (Å²) < 4.78 is 81.9. The molecule has 0 aliphatic heterocycles. The minimum absolute atomic E-state index is 0.0266. The van der Waals surface area contributed by atoms with Crippen molar-refractivity contribution in [1.29, 1.82) is 0 Å². The lowest BCUT2D eigenvalue weighted by atomic mass is 9.90. The lowest BCUT2D eigenvalue weighted by Gasteiger charge is -2.32. The van der Waals surface area contributed by atoms with E-state index in [1.54, 1.807) is 0 Å². The Kier molecular flexibility index (Phi) is 4.08. The molecule has 0 atom stereocenters. The average Bonchev–Trinajstić information content (AvgIpc) is 2.97. The minimum atomic E-state index is -6.13. The maximum Gasteiger partial charge on any atom is 0.430 e. The van der Waals surface area contributed by atoms with Crippen molar-refractivity contribution in [3.05, 3.63) is 52.3 Å². The van der Waals surface area contributed by atoms with Gasteiger partial charge < -0.3 is 9.52 Å². The number of furan rings is 1. The van der Waals surface area contributed by atoms with Crippen LogP contribution in [0.1, 0.15) is 5.56 Å². The zero-order valence-electron chi connectivity index (χ0n) is 11.4. The Morgan fingerprint density at radius 1 is 1.04 bits per heavy atom. The summed E-state index contributed by atoms with van der Waals surface area (Å²) in [5.41, 5.74) is -8.37. The van der Waals surface area contributed by atoms with E-state index in [0.717, 1.165) is 6.26 Å². The molecule has 1 aromatic carbocycles. The molecule has 0 bridgehead atoms. The molecule has 130 valence electrons. The second-order valence-corrected chi connectivity index (χ2v) is 4.67. The molecular formula is C13H7F6NO4. The van der Waals surface area contributed by atoms with Crippen molar-refractivity contribution in [3.63, 3.8) is 0 Å². The molecule has 1 N–H and O–H groups in total. The van der Waals surface area contributed by atoms with Crippen molar-refractivity contribution in [2.45, 2.75) is 18.0 Å². The largest absolute Gasteiger partial charge is 0.464 e. The maximum absolute atomic E-state index is 12.8. The molecule has 5 nitrogen and oxygen atoms in total. The van der Waals surface area contributed by atoms with Gasteiger partial charge in [0.1, 0.15) is 5.76 Å². The summed E-state index contributed by atoms with van der Waals surface area (Å²) in [6.45, 7) is 0. The van der Waals surface area contributed by atoms with E-state index in [1.165, 1.54) is 12.1 Å². The van der Waals surface area contributed by atoms with E-state index in [1.807, 2.05) is 0 Å². The van der Waals surface area contributed by atoms with Crippen molar-refractivity contribution in [1.82, 2.24) is 0 Å². The predicted octanol–water partition coefficient (Wildman–Crippen LogP) is 4.17. The fourth-order valence-corrected chi connectivity index (χ4v) is 2.04. The Morgan fingerprint density at radius 3 is 2.04 bits per heavy atom. The number of halogens is 6. The van der Waals surface area contributed by atoms with E-state index in [-0.39, 0.29) is 17.4 Å². The number of hydrogen-bond acceptors (Lipinski definition) is 4. The smallest absolute Gasteiger partial charge is 0.430 e. The van der Waals surface area contributed by atoms with Crippen LogP contribution in [0, 0.1) is 10.1 Å². The molecule has 0 aliphatic carbocycles. The monoisotopic (exact) mass is 355 g/mol. The number of nitrogens with zero attached hydrogens (tertiary/aromatic N) is 1. The first-order valence-corrected chi connectivity index (χ1v) is 6.08. The van der Waals surface area contributed by atoms with Gasteiger partial charge in [-0.3, -0.25) is 10.1 Å².